The van der Waals surface area contributed by atoms with E-state index in [9.17, 15) is 9.59 Å². The molecule has 0 saturated heterocycles. The molecule has 0 aliphatic carbocycles. The highest BCUT2D eigenvalue weighted by Crippen LogP contribution is 2.09. The molecule has 0 radical (unpaired) electrons. The Bertz CT molecular complexity index is 946. The Kier molecular flexibility index (Phi) is 5.49. The van der Waals surface area contributed by atoms with Crippen molar-refractivity contribution >= 4 is 11.7 Å². The minimum Gasteiger partial charge on any atom is -0.334 e. The first-order chi connectivity index (χ1) is 12.6. The van der Waals surface area contributed by atoms with Crippen molar-refractivity contribution in [2.45, 2.75) is 20.0 Å². The summed E-state index contributed by atoms with van der Waals surface area (Å²) in [7, 11) is 0. The summed E-state index contributed by atoms with van der Waals surface area (Å²) in [5.74, 6) is 0. The number of hydrogen-bond donors (Lipinski definition) is 2. The Morgan fingerprint density at radius 3 is 2.46 bits per heavy atom. The Morgan fingerprint density at radius 1 is 0.962 bits per heavy atom. The summed E-state index contributed by atoms with van der Waals surface area (Å²) in [4.78, 5) is 23.7. The average Bonchev–Trinajstić information content (AvgIpc) is 2.63. The zero-order valence-corrected chi connectivity index (χ0v) is 14.6. The van der Waals surface area contributed by atoms with Crippen molar-refractivity contribution in [2.24, 2.45) is 0 Å². The molecule has 1 heterocycles. The van der Waals surface area contributed by atoms with E-state index in [1.807, 2.05) is 61.5 Å². The zero-order chi connectivity index (χ0) is 18.4. The van der Waals surface area contributed by atoms with Gasteiger partial charge in [-0.3, -0.25) is 4.79 Å². The second kappa shape index (κ2) is 8.16. The minimum atomic E-state index is -0.240. The molecule has 0 saturated carbocycles. The highest BCUT2D eigenvalue weighted by molar-refractivity contribution is 5.89. The topological polar surface area (TPSA) is 63.1 Å². The third-order valence-corrected chi connectivity index (χ3v) is 4.00. The van der Waals surface area contributed by atoms with Gasteiger partial charge in [0.05, 0.1) is 6.54 Å². The lowest BCUT2D eigenvalue weighted by Crippen LogP contribution is -2.28. The molecule has 0 bridgehead atoms. The SMILES string of the molecule is Cc1cccc(NC(=O)NCc2ccc(Cn3ccccc3=O)cc2)c1. The molecule has 0 unspecified atom stereocenters. The average molecular weight is 347 g/mol. The molecule has 132 valence electrons. The summed E-state index contributed by atoms with van der Waals surface area (Å²) >= 11 is 0. The van der Waals surface area contributed by atoms with Crippen molar-refractivity contribution in [3.05, 3.63) is 100.0 Å². The molecular weight excluding hydrogens is 326 g/mol. The maximum Gasteiger partial charge on any atom is 0.319 e. The number of nitrogens with zero attached hydrogens (tertiary/aromatic N) is 1. The molecule has 0 aliphatic heterocycles. The standard InChI is InChI=1S/C21H21N3O2/c1-16-5-4-6-19(13-16)23-21(26)22-14-17-8-10-18(11-9-17)15-24-12-3-2-7-20(24)25/h2-13H,14-15H2,1H3,(H2,22,23,26). The monoisotopic (exact) mass is 347 g/mol. The van der Waals surface area contributed by atoms with Crippen LogP contribution in [0.25, 0.3) is 0 Å². The molecule has 5 nitrogen and oxygen atoms in total. The number of urea groups is 1. The third kappa shape index (κ3) is 4.83. The number of hydrogen-bond acceptors (Lipinski definition) is 2. The lowest BCUT2D eigenvalue weighted by molar-refractivity contribution is 0.251. The van der Waals surface area contributed by atoms with Crippen LogP contribution in [-0.2, 0) is 13.1 Å². The molecule has 0 aliphatic rings. The van der Waals surface area contributed by atoms with Gasteiger partial charge in [0.15, 0.2) is 0 Å². The van der Waals surface area contributed by atoms with Gasteiger partial charge in [-0.25, -0.2) is 4.79 Å². The molecule has 2 N–H and O–H groups in total. The molecule has 1 aromatic heterocycles. The van der Waals surface area contributed by atoms with E-state index < -0.39 is 0 Å². The van der Waals surface area contributed by atoms with E-state index in [-0.39, 0.29) is 11.6 Å². The van der Waals surface area contributed by atoms with Gasteiger partial charge < -0.3 is 15.2 Å². The first-order valence-electron chi connectivity index (χ1n) is 8.45. The second-order valence-electron chi connectivity index (χ2n) is 6.16. The number of aromatic nitrogens is 1. The fourth-order valence-corrected chi connectivity index (χ4v) is 2.63. The molecule has 0 atom stereocenters. The third-order valence-electron chi connectivity index (χ3n) is 4.00. The van der Waals surface area contributed by atoms with Gasteiger partial charge in [0, 0.05) is 24.5 Å². The predicted molar refractivity (Wildman–Crippen MR) is 103 cm³/mol. The number of carbonyl (C=O) groups is 1. The van der Waals surface area contributed by atoms with Crippen molar-refractivity contribution in [3.63, 3.8) is 0 Å². The molecule has 26 heavy (non-hydrogen) atoms. The first kappa shape index (κ1) is 17.5. The van der Waals surface area contributed by atoms with Gasteiger partial charge >= 0.3 is 6.03 Å². The number of amides is 2. The number of rotatable bonds is 5. The van der Waals surface area contributed by atoms with Crippen LogP contribution in [0.5, 0.6) is 0 Å². The lowest BCUT2D eigenvalue weighted by atomic mass is 10.1. The van der Waals surface area contributed by atoms with E-state index in [0.29, 0.717) is 13.1 Å². The fourth-order valence-electron chi connectivity index (χ4n) is 2.63. The van der Waals surface area contributed by atoms with Gasteiger partial charge in [-0.05, 0) is 41.8 Å². The van der Waals surface area contributed by atoms with Crippen LogP contribution < -0.4 is 16.2 Å². The smallest absolute Gasteiger partial charge is 0.319 e. The van der Waals surface area contributed by atoms with E-state index in [1.54, 1.807) is 22.9 Å². The minimum absolute atomic E-state index is 0.0222. The largest absolute Gasteiger partial charge is 0.334 e. The van der Waals surface area contributed by atoms with Gasteiger partial charge in [-0.1, -0.05) is 42.5 Å². The quantitative estimate of drug-likeness (QED) is 0.742. The number of anilines is 1. The summed E-state index contributed by atoms with van der Waals surface area (Å²) in [6.45, 7) is 2.94. The van der Waals surface area contributed by atoms with Gasteiger partial charge in [0.1, 0.15) is 0 Å². The number of pyridine rings is 1. The Hall–Kier alpha value is -3.34. The molecule has 2 aromatic carbocycles. The van der Waals surface area contributed by atoms with Gasteiger partial charge in [0.25, 0.3) is 5.56 Å². The van der Waals surface area contributed by atoms with Gasteiger partial charge in [0.2, 0.25) is 0 Å². The number of benzene rings is 2. The summed E-state index contributed by atoms with van der Waals surface area (Å²) in [5.41, 5.74) is 3.87. The molecular formula is C21H21N3O2. The van der Waals surface area contributed by atoms with Crippen LogP contribution in [0.4, 0.5) is 10.5 Å². The van der Waals surface area contributed by atoms with E-state index in [1.165, 1.54) is 0 Å². The summed E-state index contributed by atoms with van der Waals surface area (Å²) < 4.78 is 1.66. The van der Waals surface area contributed by atoms with E-state index in [0.717, 1.165) is 22.4 Å². The van der Waals surface area contributed by atoms with E-state index in [4.69, 9.17) is 0 Å². The predicted octanol–water partition coefficient (Wildman–Crippen LogP) is 3.53. The maximum atomic E-state index is 12.0. The Labute approximate surface area is 152 Å². The maximum absolute atomic E-state index is 12.0. The molecule has 3 rings (SSSR count). The number of carbonyl (C=O) groups excluding carboxylic acids is 1. The Morgan fingerprint density at radius 2 is 1.73 bits per heavy atom. The Balaban J connectivity index is 1.53. The molecule has 5 heteroatoms. The highest BCUT2D eigenvalue weighted by atomic mass is 16.2. The lowest BCUT2D eigenvalue weighted by Gasteiger charge is -2.09. The molecule has 0 fully saturated rings. The zero-order valence-electron chi connectivity index (χ0n) is 14.6. The fraction of sp³-hybridized carbons (Fsp3) is 0.143. The summed E-state index contributed by atoms with van der Waals surface area (Å²) in [6.07, 6.45) is 1.77. The normalized spacial score (nSPS) is 10.3. The van der Waals surface area contributed by atoms with Crippen LogP contribution in [-0.4, -0.2) is 10.6 Å². The first-order valence-corrected chi connectivity index (χ1v) is 8.45. The van der Waals surface area contributed by atoms with Crippen LogP contribution in [0.15, 0.2) is 77.7 Å². The van der Waals surface area contributed by atoms with Gasteiger partial charge in [-0.2, -0.15) is 0 Å². The highest BCUT2D eigenvalue weighted by Gasteiger charge is 2.03. The van der Waals surface area contributed by atoms with Crippen molar-refractivity contribution in [1.29, 1.82) is 0 Å². The summed E-state index contributed by atoms with van der Waals surface area (Å²) in [6, 6.07) is 20.4. The second-order valence-corrected chi connectivity index (χ2v) is 6.16. The van der Waals surface area contributed by atoms with Crippen LogP contribution >= 0.6 is 0 Å². The van der Waals surface area contributed by atoms with E-state index in [2.05, 4.69) is 10.6 Å². The van der Waals surface area contributed by atoms with Crippen LogP contribution in [0, 0.1) is 6.92 Å². The van der Waals surface area contributed by atoms with Crippen molar-refractivity contribution in [2.75, 3.05) is 5.32 Å². The van der Waals surface area contributed by atoms with Crippen molar-refractivity contribution < 1.29 is 4.79 Å². The summed E-state index contributed by atoms with van der Waals surface area (Å²) in [5, 5.41) is 5.66. The molecule has 2 amide bonds. The molecule has 0 spiro atoms. The van der Waals surface area contributed by atoms with E-state index >= 15 is 0 Å². The van der Waals surface area contributed by atoms with Crippen LogP contribution in [0.2, 0.25) is 0 Å². The number of nitrogens with one attached hydrogen (secondary N) is 2. The molecule has 3 aromatic rings. The van der Waals surface area contributed by atoms with Crippen LogP contribution in [0.1, 0.15) is 16.7 Å². The van der Waals surface area contributed by atoms with Crippen molar-refractivity contribution in [1.82, 2.24) is 9.88 Å². The van der Waals surface area contributed by atoms with Crippen LogP contribution in [0.3, 0.4) is 0 Å². The van der Waals surface area contributed by atoms with Gasteiger partial charge in [-0.15, -0.1) is 0 Å². The number of aryl methyl sites for hydroxylation is 1. The van der Waals surface area contributed by atoms with Crippen molar-refractivity contribution in [3.8, 4) is 0 Å².